The van der Waals surface area contributed by atoms with E-state index in [1.54, 1.807) is 24.3 Å². The van der Waals surface area contributed by atoms with E-state index in [-0.39, 0.29) is 65.4 Å². The molecule has 62 heavy (non-hydrogen) atoms. The fraction of sp³-hybridized carbons (Fsp3) is 0.579. The van der Waals surface area contributed by atoms with E-state index in [1.807, 2.05) is 24.3 Å². The number of nitrogens with zero attached hydrogens (tertiary/aromatic N) is 6. The summed E-state index contributed by atoms with van der Waals surface area (Å²) in [6.07, 6.45) is -11.6. The fourth-order valence-electron chi connectivity index (χ4n) is 8.26. The molecular weight excluding hydrogens is 838 g/mol. The summed E-state index contributed by atoms with van der Waals surface area (Å²) in [5, 5.41) is 27.9. The molecule has 24 heteroatoms. The lowest BCUT2D eigenvalue weighted by atomic mass is 9.75. The molecule has 18 nitrogen and oxygen atoms in total. The number of likely N-dealkylation sites (tertiary alicyclic amines) is 2. The number of hydrogen-bond acceptors (Lipinski definition) is 10. The predicted molar refractivity (Wildman–Crippen MR) is 203 cm³/mol. The van der Waals surface area contributed by atoms with Gasteiger partial charge in [0.15, 0.2) is 11.2 Å². The lowest BCUT2D eigenvalue weighted by molar-refractivity contribution is -0.581. The highest BCUT2D eigenvalue weighted by molar-refractivity contribution is 5.79. The number of nitrogens with two attached hydrogens (primary N) is 2. The van der Waals surface area contributed by atoms with Gasteiger partial charge in [0.1, 0.15) is 0 Å². The van der Waals surface area contributed by atoms with E-state index in [1.165, 1.54) is 19.6 Å². The van der Waals surface area contributed by atoms with Crippen molar-refractivity contribution in [3.05, 3.63) is 70.8 Å². The third-order valence-corrected chi connectivity index (χ3v) is 12.1. The number of amides is 8. The fourth-order valence-corrected chi connectivity index (χ4v) is 8.26. The summed E-state index contributed by atoms with van der Waals surface area (Å²) in [7, 11) is 0. The molecule has 5 aliphatic heterocycles. The molecule has 0 aliphatic carbocycles. The summed E-state index contributed by atoms with van der Waals surface area (Å²) in [6, 6.07) is 11.8. The minimum atomic E-state index is -5.82. The number of alkyl halides is 6. The van der Waals surface area contributed by atoms with Crippen molar-refractivity contribution in [3.63, 3.8) is 0 Å². The number of urea groups is 4. The number of rotatable bonds is 6. The minimum Gasteiger partial charge on any atom is -0.356 e. The lowest BCUT2D eigenvalue weighted by Crippen LogP contribution is -2.93. The van der Waals surface area contributed by atoms with E-state index < -0.39 is 85.4 Å². The number of piperazine rings is 2. The third kappa shape index (κ3) is 8.02. The zero-order chi connectivity index (χ0) is 44.9. The average Bonchev–Trinajstić information content (AvgIpc) is 3.23. The molecule has 5 heterocycles. The monoisotopic (exact) mass is 886 g/mol. The van der Waals surface area contributed by atoms with Crippen LogP contribution >= 0.6 is 0 Å². The molecular formula is C38H48F6N10O8. The summed E-state index contributed by atoms with van der Waals surface area (Å²) in [4.78, 5) is 58.9. The van der Waals surface area contributed by atoms with Crippen LogP contribution in [0.15, 0.2) is 48.5 Å². The van der Waals surface area contributed by atoms with Gasteiger partial charge in [-0.1, -0.05) is 48.5 Å². The van der Waals surface area contributed by atoms with Gasteiger partial charge in [-0.05, 0) is 22.3 Å². The number of aliphatic hydroxyl groups is 2. The SMILES string of the molecule is NCc1ccc(CNC(=O)N2CCN(C(=O)N3CC4(C3)O[C@](O)(C(F)(F)F)C3(CN(C(=O)N5CCN(C(=O)NCc6ccc(CN)cc6)CC5)C3)O[C@]4(O)C(F)(F)F)CC2)cc1. The van der Waals surface area contributed by atoms with Gasteiger partial charge in [-0.15, -0.1) is 0 Å². The van der Waals surface area contributed by atoms with Gasteiger partial charge in [-0.25, -0.2) is 19.2 Å². The second-order valence-corrected chi connectivity index (χ2v) is 16.1. The van der Waals surface area contributed by atoms with Crippen LogP contribution < -0.4 is 22.1 Å². The Kier molecular flexibility index (Phi) is 12.0. The van der Waals surface area contributed by atoms with E-state index in [4.69, 9.17) is 20.9 Å². The molecule has 2 spiro atoms. The number of halogens is 6. The van der Waals surface area contributed by atoms with Gasteiger partial charge in [-0.3, -0.25) is 0 Å². The highest BCUT2D eigenvalue weighted by Crippen LogP contribution is 2.61. The van der Waals surface area contributed by atoms with Crippen LogP contribution in [-0.4, -0.2) is 177 Å². The topological polar surface area (TPSA) is 223 Å². The molecule has 5 aliphatic rings. The average molecular weight is 887 g/mol. The first kappa shape index (κ1) is 44.9. The molecule has 0 saturated carbocycles. The molecule has 0 aromatic heterocycles. The van der Waals surface area contributed by atoms with Gasteiger partial charge >= 0.3 is 36.5 Å². The largest absolute Gasteiger partial charge is 0.446 e. The zero-order valence-electron chi connectivity index (χ0n) is 33.4. The summed E-state index contributed by atoms with van der Waals surface area (Å²) in [5.74, 6) is -8.95. The van der Waals surface area contributed by atoms with Crippen LogP contribution in [0.5, 0.6) is 0 Å². The molecule has 2 aromatic rings. The smallest absolute Gasteiger partial charge is 0.356 e. The summed E-state index contributed by atoms with van der Waals surface area (Å²) in [5.41, 5.74) is 7.97. The highest BCUT2D eigenvalue weighted by atomic mass is 19.4. The van der Waals surface area contributed by atoms with Gasteiger partial charge in [0, 0.05) is 78.5 Å². The van der Waals surface area contributed by atoms with E-state index in [0.29, 0.717) is 22.9 Å². The maximum atomic E-state index is 14.8. The molecule has 2 atom stereocenters. The lowest BCUT2D eigenvalue weighted by Gasteiger charge is -2.69. The number of hydrogen-bond donors (Lipinski definition) is 6. The van der Waals surface area contributed by atoms with Crippen molar-refractivity contribution in [1.82, 2.24) is 40.0 Å². The van der Waals surface area contributed by atoms with Crippen molar-refractivity contribution in [2.24, 2.45) is 11.5 Å². The molecule has 7 rings (SSSR count). The van der Waals surface area contributed by atoms with Crippen LogP contribution in [-0.2, 0) is 35.7 Å². The van der Waals surface area contributed by atoms with Gasteiger partial charge in [0.2, 0.25) is 0 Å². The molecule has 5 fully saturated rings. The van der Waals surface area contributed by atoms with Crippen LogP contribution in [0, 0.1) is 0 Å². The van der Waals surface area contributed by atoms with Gasteiger partial charge in [0.05, 0.1) is 26.2 Å². The van der Waals surface area contributed by atoms with E-state index >= 15 is 0 Å². The first-order chi connectivity index (χ1) is 29.2. The number of carbonyl (C=O) groups is 4. The molecule has 0 unspecified atom stereocenters. The summed E-state index contributed by atoms with van der Waals surface area (Å²) in [6.45, 7) is -4.13. The molecule has 2 aromatic carbocycles. The minimum absolute atomic E-state index is 0.0248. The van der Waals surface area contributed by atoms with E-state index in [2.05, 4.69) is 10.6 Å². The highest BCUT2D eigenvalue weighted by Gasteiger charge is 2.88. The van der Waals surface area contributed by atoms with Crippen molar-refractivity contribution in [2.75, 3.05) is 78.5 Å². The Morgan fingerprint density at radius 1 is 0.516 bits per heavy atom. The van der Waals surface area contributed by atoms with Crippen LogP contribution in [0.1, 0.15) is 22.3 Å². The zero-order valence-corrected chi connectivity index (χ0v) is 33.4. The van der Waals surface area contributed by atoms with Crippen LogP contribution in [0.3, 0.4) is 0 Å². The molecule has 5 saturated heterocycles. The molecule has 0 bridgehead atoms. The quantitative estimate of drug-likeness (QED) is 0.225. The van der Waals surface area contributed by atoms with E-state index in [9.17, 15) is 55.7 Å². The maximum Gasteiger partial charge on any atom is 0.446 e. The van der Waals surface area contributed by atoms with Gasteiger partial charge < -0.3 is 71.2 Å². The Morgan fingerprint density at radius 3 is 1.06 bits per heavy atom. The van der Waals surface area contributed by atoms with Crippen molar-refractivity contribution in [1.29, 1.82) is 0 Å². The maximum absolute atomic E-state index is 14.8. The Labute approximate surface area is 351 Å². The number of ether oxygens (including phenoxy) is 2. The number of nitrogens with one attached hydrogen (secondary N) is 2. The first-order valence-corrected chi connectivity index (χ1v) is 19.8. The normalized spacial score (nSPS) is 24.7. The van der Waals surface area contributed by atoms with E-state index in [0.717, 1.165) is 22.3 Å². The van der Waals surface area contributed by atoms with Crippen LogP contribution in [0.2, 0.25) is 0 Å². The number of carbonyl (C=O) groups excluding carboxylic acids is 4. The standard InChI is InChI=1S/C38H48F6N10O8/c39-37(40,41)35(59)33(21-53(22-33)31(57)51-13-9-49(10-14-51)29(55)47-19-27-5-1-25(17-45)2-6-27)61-36(60,38(42,43)44)34(62-35)23-54(24-34)32(58)52-15-11-50(12-16-52)30(56)48-20-28-7-3-26(18-46)4-8-28/h1-8,59-60H,9-24,45-46H2,(H,47,55)(H,48,56)/t35-,36-/m0/s1. The summed E-state index contributed by atoms with van der Waals surface area (Å²) < 4.78 is 98.9. The Hall–Kier alpha value is -5.14. The second kappa shape index (κ2) is 16.5. The Bertz CT molecular complexity index is 1840. The van der Waals surface area contributed by atoms with Crippen LogP contribution in [0.4, 0.5) is 45.5 Å². The predicted octanol–water partition coefficient (Wildman–Crippen LogP) is 0.856. The Morgan fingerprint density at radius 2 is 0.790 bits per heavy atom. The molecule has 8 amide bonds. The van der Waals surface area contributed by atoms with Crippen molar-refractivity contribution in [3.8, 4) is 0 Å². The summed E-state index contributed by atoms with van der Waals surface area (Å²) >= 11 is 0. The van der Waals surface area contributed by atoms with Gasteiger partial charge in [-0.2, -0.15) is 26.3 Å². The Balaban J connectivity index is 0.945. The van der Waals surface area contributed by atoms with Gasteiger partial charge in [0.25, 0.3) is 11.6 Å². The molecule has 340 valence electrons. The van der Waals surface area contributed by atoms with Crippen molar-refractivity contribution >= 4 is 24.1 Å². The molecule has 8 N–H and O–H groups in total. The molecule has 0 radical (unpaired) electrons. The number of benzene rings is 2. The first-order valence-electron chi connectivity index (χ1n) is 19.8. The van der Waals surface area contributed by atoms with Crippen molar-refractivity contribution < 1.29 is 65.2 Å². The van der Waals surface area contributed by atoms with Crippen molar-refractivity contribution in [2.45, 2.75) is 61.3 Å². The van der Waals surface area contributed by atoms with Crippen LogP contribution in [0.25, 0.3) is 0 Å². The third-order valence-electron chi connectivity index (χ3n) is 12.1. The second-order valence-electron chi connectivity index (χ2n) is 16.1.